The molecular weight excluding hydrogens is 343 g/mol. The molecule has 0 aromatic carbocycles. The Morgan fingerprint density at radius 3 is 2.89 bits per heavy atom. The van der Waals surface area contributed by atoms with Crippen LogP contribution >= 0.6 is 22.6 Å². The first-order valence-corrected chi connectivity index (χ1v) is 8.12. The highest BCUT2D eigenvalue weighted by Crippen LogP contribution is 2.56. The first kappa shape index (κ1) is 13.2. The van der Waals surface area contributed by atoms with Crippen LogP contribution in [0.15, 0.2) is 0 Å². The largest absolute Gasteiger partial charge is 0.434 e. The number of hydrogen-bond acceptors (Lipinski definition) is 3. The topological polar surface area (TPSA) is 35.5 Å². The summed E-state index contributed by atoms with van der Waals surface area (Å²) in [5.74, 6) is 2.60. The van der Waals surface area contributed by atoms with E-state index in [1.54, 1.807) is 0 Å². The lowest BCUT2D eigenvalue weighted by Crippen LogP contribution is -2.37. The summed E-state index contributed by atoms with van der Waals surface area (Å²) in [6.07, 6.45) is 4.52. The number of carbonyl (C=O) groups excluding carboxylic acids is 1. The second kappa shape index (κ2) is 4.62. The van der Waals surface area contributed by atoms with E-state index in [1.807, 2.05) is 13.8 Å². The van der Waals surface area contributed by atoms with Gasteiger partial charge in [-0.2, -0.15) is 0 Å². The Balaban J connectivity index is 1.66. The summed E-state index contributed by atoms with van der Waals surface area (Å²) in [6, 6.07) is 0. The molecule has 2 aliphatic carbocycles. The van der Waals surface area contributed by atoms with E-state index < -0.39 is 3.42 Å². The lowest BCUT2D eigenvalue weighted by Gasteiger charge is -2.28. The predicted octanol–water partition coefficient (Wildman–Crippen LogP) is 3.15. The van der Waals surface area contributed by atoms with Gasteiger partial charge < -0.3 is 9.47 Å². The molecule has 0 aromatic heterocycles. The first-order valence-electron chi connectivity index (χ1n) is 7.04. The van der Waals surface area contributed by atoms with Gasteiger partial charge in [-0.25, -0.2) is 0 Å². The van der Waals surface area contributed by atoms with Crippen molar-refractivity contribution in [2.24, 2.45) is 23.7 Å². The molecule has 2 bridgehead atoms. The molecule has 3 nitrogen and oxygen atoms in total. The summed E-state index contributed by atoms with van der Waals surface area (Å²) in [5.41, 5.74) is 0. The fraction of sp³-hybridized carbons (Fsp3) is 0.929. The van der Waals surface area contributed by atoms with Crippen LogP contribution in [0.25, 0.3) is 0 Å². The molecule has 18 heavy (non-hydrogen) atoms. The van der Waals surface area contributed by atoms with Crippen LogP contribution < -0.4 is 0 Å². The maximum atomic E-state index is 12.1. The maximum absolute atomic E-state index is 12.1. The fourth-order valence-electron chi connectivity index (χ4n) is 3.93. The van der Waals surface area contributed by atoms with Gasteiger partial charge >= 0.3 is 5.97 Å². The highest BCUT2D eigenvalue weighted by atomic mass is 127. The Kier molecular flexibility index (Phi) is 3.37. The monoisotopic (exact) mass is 364 g/mol. The average molecular weight is 364 g/mol. The Bertz CT molecular complexity index is 355. The van der Waals surface area contributed by atoms with Crippen LogP contribution in [0, 0.1) is 23.7 Å². The zero-order chi connectivity index (χ0) is 12.9. The summed E-state index contributed by atoms with van der Waals surface area (Å²) in [7, 11) is 0. The summed E-state index contributed by atoms with van der Waals surface area (Å²) >= 11 is 2.19. The standard InChI is InChI=1S/C14H21IO3/c1-3-14(2,15)13(16)18-12-11-9-5-4-8(6-9)10(11)7-17-12/h8-12H,3-7H2,1-2H3/t8?,9-,10?,11?,12?,14?/m1/s1. The minimum atomic E-state index is -0.420. The molecule has 1 saturated heterocycles. The molecule has 3 aliphatic rings. The molecule has 0 amide bonds. The van der Waals surface area contributed by atoms with E-state index >= 15 is 0 Å². The van der Waals surface area contributed by atoms with Crippen molar-refractivity contribution in [2.75, 3.05) is 6.61 Å². The van der Waals surface area contributed by atoms with Crippen LogP contribution in [-0.4, -0.2) is 22.3 Å². The Labute approximate surface area is 122 Å². The van der Waals surface area contributed by atoms with Crippen molar-refractivity contribution >= 4 is 28.6 Å². The van der Waals surface area contributed by atoms with E-state index in [4.69, 9.17) is 9.47 Å². The highest BCUT2D eigenvalue weighted by molar-refractivity contribution is 14.1. The van der Waals surface area contributed by atoms with Crippen molar-refractivity contribution in [1.82, 2.24) is 0 Å². The van der Waals surface area contributed by atoms with Gasteiger partial charge in [-0.15, -0.1) is 0 Å². The van der Waals surface area contributed by atoms with Crippen LogP contribution in [0.1, 0.15) is 39.5 Å². The average Bonchev–Trinajstić information content (AvgIpc) is 3.01. The third-order valence-electron chi connectivity index (χ3n) is 5.24. The SMILES string of the molecule is CCC(C)(I)C(=O)OC1OCC2C3CC[C@H](C3)C12. The van der Waals surface area contributed by atoms with E-state index in [9.17, 15) is 4.79 Å². The number of alkyl halides is 1. The van der Waals surface area contributed by atoms with Gasteiger partial charge in [0.15, 0.2) is 0 Å². The summed E-state index contributed by atoms with van der Waals surface area (Å²) < 4.78 is 11.0. The molecule has 2 saturated carbocycles. The van der Waals surface area contributed by atoms with Crippen LogP contribution in [0.3, 0.4) is 0 Å². The van der Waals surface area contributed by atoms with Gasteiger partial charge in [0.25, 0.3) is 0 Å². The molecule has 3 rings (SSSR count). The van der Waals surface area contributed by atoms with Crippen LogP contribution in [0.5, 0.6) is 0 Å². The molecule has 0 spiro atoms. The van der Waals surface area contributed by atoms with Gasteiger partial charge in [0.2, 0.25) is 6.29 Å². The van der Waals surface area contributed by atoms with Crippen molar-refractivity contribution in [3.8, 4) is 0 Å². The number of fused-ring (bicyclic) bond motifs is 5. The van der Waals surface area contributed by atoms with Gasteiger partial charge in [-0.05, 0) is 50.4 Å². The molecule has 1 aliphatic heterocycles. The number of carbonyl (C=O) groups is 1. The predicted molar refractivity (Wildman–Crippen MR) is 76.4 cm³/mol. The molecule has 4 heteroatoms. The minimum absolute atomic E-state index is 0.112. The molecule has 0 radical (unpaired) electrons. The van der Waals surface area contributed by atoms with E-state index in [1.165, 1.54) is 19.3 Å². The van der Waals surface area contributed by atoms with Crippen molar-refractivity contribution in [2.45, 2.75) is 49.2 Å². The molecule has 6 atom stereocenters. The summed E-state index contributed by atoms with van der Waals surface area (Å²) in [5, 5.41) is 0. The first-order chi connectivity index (χ1) is 8.53. The highest BCUT2D eigenvalue weighted by Gasteiger charge is 2.56. The molecule has 5 unspecified atom stereocenters. The van der Waals surface area contributed by atoms with Crippen molar-refractivity contribution < 1.29 is 14.3 Å². The van der Waals surface area contributed by atoms with Gasteiger partial charge in [0.05, 0.1) is 6.61 Å². The number of hydrogen-bond donors (Lipinski definition) is 0. The smallest absolute Gasteiger partial charge is 0.324 e. The van der Waals surface area contributed by atoms with Crippen molar-refractivity contribution in [3.05, 3.63) is 0 Å². The second-order valence-corrected chi connectivity index (χ2v) is 8.61. The van der Waals surface area contributed by atoms with E-state index in [0.717, 1.165) is 24.9 Å². The van der Waals surface area contributed by atoms with E-state index in [-0.39, 0.29) is 12.3 Å². The third-order valence-corrected chi connectivity index (χ3v) is 6.44. The number of rotatable bonds is 3. The van der Waals surface area contributed by atoms with Gasteiger partial charge in [0, 0.05) is 5.92 Å². The van der Waals surface area contributed by atoms with Crippen LogP contribution in [0.4, 0.5) is 0 Å². The van der Waals surface area contributed by atoms with E-state index in [0.29, 0.717) is 11.8 Å². The molecule has 102 valence electrons. The third kappa shape index (κ3) is 1.99. The van der Waals surface area contributed by atoms with Crippen LogP contribution in [0.2, 0.25) is 0 Å². The molecule has 3 fully saturated rings. The number of halogens is 1. The lowest BCUT2D eigenvalue weighted by atomic mass is 9.81. The zero-order valence-electron chi connectivity index (χ0n) is 11.0. The second-order valence-electron chi connectivity index (χ2n) is 6.23. The fourth-order valence-corrected chi connectivity index (χ4v) is 4.06. The summed E-state index contributed by atoms with van der Waals surface area (Å²) in [4.78, 5) is 12.1. The molecule has 1 heterocycles. The Hall–Kier alpha value is 0.160. The molecule has 0 N–H and O–H groups in total. The number of ether oxygens (including phenoxy) is 2. The minimum Gasteiger partial charge on any atom is -0.434 e. The Morgan fingerprint density at radius 2 is 2.17 bits per heavy atom. The molecular formula is C14H21IO3. The Morgan fingerprint density at radius 1 is 1.44 bits per heavy atom. The zero-order valence-corrected chi connectivity index (χ0v) is 13.2. The van der Waals surface area contributed by atoms with Gasteiger partial charge in [-0.1, -0.05) is 29.5 Å². The van der Waals surface area contributed by atoms with Gasteiger partial charge in [-0.3, -0.25) is 4.79 Å². The van der Waals surface area contributed by atoms with Crippen LogP contribution in [-0.2, 0) is 14.3 Å². The van der Waals surface area contributed by atoms with Gasteiger partial charge in [0.1, 0.15) is 3.42 Å². The maximum Gasteiger partial charge on any atom is 0.324 e. The summed E-state index contributed by atoms with van der Waals surface area (Å²) in [6.45, 7) is 4.75. The van der Waals surface area contributed by atoms with Crippen molar-refractivity contribution in [3.63, 3.8) is 0 Å². The number of esters is 1. The molecule has 0 aromatic rings. The quantitative estimate of drug-likeness (QED) is 0.439. The van der Waals surface area contributed by atoms with Crippen molar-refractivity contribution in [1.29, 1.82) is 0 Å². The lowest BCUT2D eigenvalue weighted by molar-refractivity contribution is -0.180. The normalized spacial score (nSPS) is 44.7. The van der Waals surface area contributed by atoms with E-state index in [2.05, 4.69) is 22.6 Å².